The van der Waals surface area contributed by atoms with Gasteiger partial charge in [0.15, 0.2) is 0 Å². The molecule has 0 spiro atoms. The van der Waals surface area contributed by atoms with Gasteiger partial charge >= 0.3 is 0 Å². The number of hydrogen-bond acceptors (Lipinski definition) is 9. The van der Waals surface area contributed by atoms with E-state index in [1.807, 2.05) is 0 Å². The number of rotatable bonds is 5. The van der Waals surface area contributed by atoms with E-state index in [-0.39, 0.29) is 27.5 Å². The van der Waals surface area contributed by atoms with E-state index < -0.39 is 5.23 Å². The molecule has 23 heavy (non-hydrogen) atoms. The van der Waals surface area contributed by atoms with Crippen molar-refractivity contribution in [3.05, 3.63) is 69.2 Å². The summed E-state index contributed by atoms with van der Waals surface area (Å²) >= 11 is 0. The number of anilines is 3. The van der Waals surface area contributed by atoms with E-state index in [0.717, 1.165) is 6.07 Å². The van der Waals surface area contributed by atoms with Crippen molar-refractivity contribution in [2.75, 3.05) is 15.7 Å². The molecule has 0 saturated carbocycles. The van der Waals surface area contributed by atoms with Gasteiger partial charge in [-0.15, -0.1) is 5.23 Å². The molecule has 3 N–H and O–H groups in total. The zero-order chi connectivity index (χ0) is 17.0. The van der Waals surface area contributed by atoms with Crippen molar-refractivity contribution in [3.8, 4) is 0 Å². The first-order valence-corrected chi connectivity index (χ1v) is 6.29. The Labute approximate surface area is 130 Å². The van der Waals surface area contributed by atoms with Crippen LogP contribution in [0.1, 0.15) is 11.1 Å². The van der Waals surface area contributed by atoms with Crippen LogP contribution in [0, 0.1) is 15.6 Å². The van der Waals surface area contributed by atoms with Crippen molar-refractivity contribution in [3.63, 3.8) is 0 Å². The summed E-state index contributed by atoms with van der Waals surface area (Å²) in [5.74, 6) is 0. The van der Waals surface area contributed by atoms with Crippen molar-refractivity contribution in [1.29, 1.82) is 0 Å². The van der Waals surface area contributed by atoms with E-state index in [4.69, 9.17) is 15.6 Å². The molecule has 2 aromatic carbocycles. The Kier molecular flexibility index (Phi) is 5.13. The molecular weight excluding hydrogens is 306 g/mol. The molecule has 0 saturated heterocycles. The molecule has 0 bridgehead atoms. The highest BCUT2D eigenvalue weighted by atomic mass is 16.8. The fourth-order valence-electron chi connectivity index (χ4n) is 1.86. The van der Waals surface area contributed by atoms with Gasteiger partial charge in [-0.05, 0) is 29.8 Å². The Morgan fingerprint density at radius 3 is 1.91 bits per heavy atom. The summed E-state index contributed by atoms with van der Waals surface area (Å²) in [6, 6.07) is 9.54. The Bertz CT molecular complexity index is 685. The van der Waals surface area contributed by atoms with Crippen LogP contribution in [0.4, 0.5) is 17.1 Å². The molecule has 0 unspecified atom stereocenters. The van der Waals surface area contributed by atoms with Gasteiger partial charge in [-0.3, -0.25) is 15.6 Å². The zero-order valence-electron chi connectivity index (χ0n) is 11.6. The molecule has 0 radical (unpaired) electrons. The average molecular weight is 318 g/mol. The summed E-state index contributed by atoms with van der Waals surface area (Å²) in [6.45, 7) is 0. The fraction of sp³-hybridized carbons (Fsp3) is 0. The van der Waals surface area contributed by atoms with Crippen LogP contribution >= 0.6 is 0 Å². The molecule has 0 aliphatic heterocycles. The lowest BCUT2D eigenvalue weighted by Gasteiger charge is -2.37. The average Bonchev–Trinajstić information content (AvgIpc) is 2.52. The number of benzene rings is 2. The summed E-state index contributed by atoms with van der Waals surface area (Å²) in [5.41, 5.74) is 0.621. The molecule has 122 valence electrons. The van der Waals surface area contributed by atoms with Gasteiger partial charge in [0.1, 0.15) is 5.69 Å². The standard InChI is InChI=1S/C14H12N3O6/c18-15(19)12-6-2-10(3-7-12)1-4-11-5-8-13(16(20)21)9-14(11)17(22)23/h1-9,18,22-23H/q-3. The van der Waals surface area contributed by atoms with E-state index in [1.165, 1.54) is 30.3 Å². The lowest BCUT2D eigenvalue weighted by Crippen LogP contribution is -2.13. The minimum absolute atomic E-state index is 0.0649. The van der Waals surface area contributed by atoms with Crippen LogP contribution in [-0.4, -0.2) is 15.6 Å². The second-order valence-corrected chi connectivity index (χ2v) is 4.49. The molecule has 0 aliphatic rings. The number of hydrogen-bond donors (Lipinski definition) is 3. The lowest BCUT2D eigenvalue weighted by molar-refractivity contribution is 0.0291. The van der Waals surface area contributed by atoms with Crippen LogP contribution in [0.25, 0.3) is 12.2 Å². The first-order valence-electron chi connectivity index (χ1n) is 6.29. The van der Waals surface area contributed by atoms with Crippen LogP contribution in [0.2, 0.25) is 0 Å². The van der Waals surface area contributed by atoms with E-state index in [2.05, 4.69) is 0 Å². The van der Waals surface area contributed by atoms with Crippen LogP contribution < -0.4 is 15.7 Å². The van der Waals surface area contributed by atoms with Gasteiger partial charge in [-0.25, -0.2) is 0 Å². The molecule has 0 aromatic heterocycles. The highest BCUT2D eigenvalue weighted by Crippen LogP contribution is 2.27. The molecule has 9 heteroatoms. The van der Waals surface area contributed by atoms with E-state index in [0.29, 0.717) is 11.1 Å². The van der Waals surface area contributed by atoms with Gasteiger partial charge in [0.25, 0.3) is 0 Å². The zero-order valence-corrected chi connectivity index (χ0v) is 11.6. The van der Waals surface area contributed by atoms with Gasteiger partial charge in [-0.2, -0.15) is 0 Å². The lowest BCUT2D eigenvalue weighted by atomic mass is 10.1. The fourth-order valence-corrected chi connectivity index (χ4v) is 1.86. The first-order chi connectivity index (χ1) is 10.9. The normalized spacial score (nSPS) is 10.9. The highest BCUT2D eigenvalue weighted by molar-refractivity contribution is 5.79. The highest BCUT2D eigenvalue weighted by Gasteiger charge is 2.06. The minimum Gasteiger partial charge on any atom is -0.769 e. The van der Waals surface area contributed by atoms with Gasteiger partial charge in [0.05, 0.1) is 5.69 Å². The predicted molar refractivity (Wildman–Crippen MR) is 84.7 cm³/mol. The monoisotopic (exact) mass is 318 g/mol. The topological polar surface area (TPSA) is 140 Å². The Balaban J connectivity index is 2.27. The van der Waals surface area contributed by atoms with Crippen molar-refractivity contribution >= 4 is 29.2 Å². The van der Waals surface area contributed by atoms with Crippen molar-refractivity contribution in [1.82, 2.24) is 0 Å². The SMILES string of the molecule is [O-]N([O-])c1ccc(C=Cc2ccc(N([O-])O)cc2)c(N(O)O)c1. The van der Waals surface area contributed by atoms with Gasteiger partial charge in [-0.1, -0.05) is 30.4 Å². The summed E-state index contributed by atoms with van der Waals surface area (Å²) in [5, 5.41) is 58.1. The van der Waals surface area contributed by atoms with Crippen LogP contribution in [0.15, 0.2) is 42.5 Å². The van der Waals surface area contributed by atoms with Crippen LogP contribution in [0.3, 0.4) is 0 Å². The molecule has 9 nitrogen and oxygen atoms in total. The van der Waals surface area contributed by atoms with Gasteiger partial charge < -0.3 is 26.1 Å². The number of nitrogens with zero attached hydrogens (tertiary/aromatic N) is 3. The third kappa shape index (κ3) is 4.17. The summed E-state index contributed by atoms with van der Waals surface area (Å²) in [6.07, 6.45) is 3.12. The largest absolute Gasteiger partial charge is 0.769 e. The summed E-state index contributed by atoms with van der Waals surface area (Å²) < 4.78 is 0. The third-order valence-corrected chi connectivity index (χ3v) is 3.01. The van der Waals surface area contributed by atoms with Crippen molar-refractivity contribution in [2.45, 2.75) is 0 Å². The molecular formula is C14H12N3O6-3. The van der Waals surface area contributed by atoms with E-state index >= 15 is 0 Å². The predicted octanol–water partition coefficient (Wildman–Crippen LogP) is 2.94. The Morgan fingerprint density at radius 1 is 0.783 bits per heavy atom. The maximum atomic E-state index is 10.7. The molecule has 0 aliphatic carbocycles. The summed E-state index contributed by atoms with van der Waals surface area (Å²) in [7, 11) is 0. The molecule has 0 atom stereocenters. The van der Waals surface area contributed by atoms with Crippen LogP contribution in [-0.2, 0) is 0 Å². The smallest absolute Gasteiger partial charge is 0.103 e. The Morgan fingerprint density at radius 2 is 1.39 bits per heavy atom. The van der Waals surface area contributed by atoms with Gasteiger partial charge in [0, 0.05) is 11.3 Å². The minimum atomic E-state index is -0.650. The molecule has 0 amide bonds. The maximum Gasteiger partial charge on any atom is 0.103 e. The second kappa shape index (κ2) is 7.07. The molecule has 2 rings (SSSR count). The van der Waals surface area contributed by atoms with Crippen LogP contribution in [0.5, 0.6) is 0 Å². The van der Waals surface area contributed by atoms with Gasteiger partial charge in [0.2, 0.25) is 0 Å². The van der Waals surface area contributed by atoms with Crippen molar-refractivity contribution < 1.29 is 15.6 Å². The Hall–Kier alpha value is -2.66. The molecule has 2 aromatic rings. The quantitative estimate of drug-likeness (QED) is 0.560. The molecule has 0 fully saturated rings. The maximum absolute atomic E-state index is 10.7. The van der Waals surface area contributed by atoms with E-state index in [1.54, 1.807) is 18.2 Å². The third-order valence-electron chi connectivity index (χ3n) is 3.01. The van der Waals surface area contributed by atoms with E-state index in [9.17, 15) is 15.6 Å². The van der Waals surface area contributed by atoms with Crippen molar-refractivity contribution in [2.24, 2.45) is 0 Å². The molecule has 0 heterocycles. The first kappa shape index (κ1) is 16.7. The second-order valence-electron chi connectivity index (χ2n) is 4.49. The summed E-state index contributed by atoms with van der Waals surface area (Å²) in [4.78, 5) is 0.